The second-order valence-electron chi connectivity index (χ2n) is 2.72. The Morgan fingerprint density at radius 1 is 1.38 bits per heavy atom. The van der Waals surface area contributed by atoms with Crippen molar-refractivity contribution in [2.24, 2.45) is 5.73 Å². The predicted octanol–water partition coefficient (Wildman–Crippen LogP) is -0.918. The number of carbonyl (C=O) groups excluding carboxylic acids is 3. The molecular formula is C7H9F3N2O4. The van der Waals surface area contributed by atoms with E-state index in [1.807, 2.05) is 0 Å². The molecule has 0 aliphatic rings. The van der Waals surface area contributed by atoms with Crippen LogP contribution in [0, 0.1) is 0 Å². The molecule has 0 spiro atoms. The van der Waals surface area contributed by atoms with E-state index < -0.39 is 36.4 Å². The number of ether oxygens (including phenoxy) is 1. The van der Waals surface area contributed by atoms with Gasteiger partial charge in [0, 0.05) is 0 Å². The highest BCUT2D eigenvalue weighted by Crippen LogP contribution is 2.14. The molecule has 9 heteroatoms. The molecule has 0 aromatic heterocycles. The number of amides is 2. The predicted molar refractivity (Wildman–Crippen MR) is 43.8 cm³/mol. The van der Waals surface area contributed by atoms with E-state index in [1.54, 1.807) is 0 Å². The second kappa shape index (κ2) is 5.33. The van der Waals surface area contributed by atoms with Gasteiger partial charge in [0.1, 0.15) is 6.04 Å². The summed E-state index contributed by atoms with van der Waals surface area (Å²) in [5.41, 5.74) is 4.69. The minimum atomic E-state index is -5.15. The van der Waals surface area contributed by atoms with Crippen LogP contribution < -0.4 is 11.1 Å². The largest absolute Gasteiger partial charge is 0.471 e. The average molecular weight is 242 g/mol. The van der Waals surface area contributed by atoms with Gasteiger partial charge in [-0.1, -0.05) is 0 Å². The van der Waals surface area contributed by atoms with Crippen LogP contribution in [0.1, 0.15) is 6.42 Å². The fraction of sp³-hybridized carbons (Fsp3) is 0.571. The van der Waals surface area contributed by atoms with Crippen molar-refractivity contribution >= 4 is 17.8 Å². The van der Waals surface area contributed by atoms with Gasteiger partial charge in [0.25, 0.3) is 0 Å². The van der Waals surface area contributed by atoms with Crippen LogP contribution in [0.5, 0.6) is 0 Å². The summed E-state index contributed by atoms with van der Waals surface area (Å²) in [6.07, 6.45) is -5.92. The number of carbonyl (C=O) groups is 3. The zero-order valence-corrected chi connectivity index (χ0v) is 8.13. The van der Waals surface area contributed by atoms with E-state index in [0.29, 0.717) is 0 Å². The highest BCUT2D eigenvalue weighted by atomic mass is 19.4. The number of nitrogens with one attached hydrogen (secondary N) is 1. The molecular weight excluding hydrogens is 233 g/mol. The minimum absolute atomic E-state index is 0.769. The Labute approximate surface area is 87.9 Å². The summed E-state index contributed by atoms with van der Waals surface area (Å²) in [5, 5.41) is 1.30. The first kappa shape index (κ1) is 14.2. The Morgan fingerprint density at radius 3 is 2.19 bits per heavy atom. The molecule has 0 heterocycles. The van der Waals surface area contributed by atoms with Gasteiger partial charge in [-0.15, -0.1) is 0 Å². The van der Waals surface area contributed by atoms with Gasteiger partial charge in [0.2, 0.25) is 5.91 Å². The third-order valence-electron chi connectivity index (χ3n) is 1.45. The summed E-state index contributed by atoms with van der Waals surface area (Å²) in [6.45, 7) is 0. The van der Waals surface area contributed by atoms with Crippen molar-refractivity contribution in [3.05, 3.63) is 0 Å². The SMILES string of the molecule is COC(=O)[C@H](CC(N)=O)NC(=O)C(F)(F)F. The van der Waals surface area contributed by atoms with Crippen LogP contribution in [-0.4, -0.2) is 37.1 Å². The highest BCUT2D eigenvalue weighted by Gasteiger charge is 2.41. The molecule has 0 rings (SSSR count). The number of esters is 1. The molecule has 0 unspecified atom stereocenters. The summed E-state index contributed by atoms with van der Waals surface area (Å²) >= 11 is 0. The van der Waals surface area contributed by atoms with E-state index in [0.717, 1.165) is 7.11 Å². The van der Waals surface area contributed by atoms with E-state index >= 15 is 0 Å². The smallest absolute Gasteiger partial charge is 0.467 e. The first-order valence-corrected chi connectivity index (χ1v) is 3.92. The lowest BCUT2D eigenvalue weighted by molar-refractivity contribution is -0.175. The lowest BCUT2D eigenvalue weighted by Gasteiger charge is -2.15. The third-order valence-corrected chi connectivity index (χ3v) is 1.45. The maximum Gasteiger partial charge on any atom is 0.471 e. The van der Waals surface area contributed by atoms with Gasteiger partial charge in [-0.3, -0.25) is 9.59 Å². The topological polar surface area (TPSA) is 98.5 Å². The molecule has 0 aromatic carbocycles. The summed E-state index contributed by atoms with van der Waals surface area (Å²) in [4.78, 5) is 31.8. The van der Waals surface area contributed by atoms with Crippen LogP contribution in [0.3, 0.4) is 0 Å². The van der Waals surface area contributed by atoms with Crippen molar-refractivity contribution in [2.45, 2.75) is 18.6 Å². The number of hydrogen-bond donors (Lipinski definition) is 2. The summed E-state index contributed by atoms with van der Waals surface area (Å²) in [6, 6.07) is -1.74. The zero-order chi connectivity index (χ0) is 12.9. The van der Waals surface area contributed by atoms with Gasteiger partial charge in [-0.2, -0.15) is 13.2 Å². The maximum absolute atomic E-state index is 11.8. The number of alkyl halides is 3. The number of hydrogen-bond acceptors (Lipinski definition) is 4. The summed E-state index contributed by atoms with van der Waals surface area (Å²) in [5.74, 6) is -4.57. The van der Waals surface area contributed by atoms with Crippen molar-refractivity contribution in [1.29, 1.82) is 0 Å². The van der Waals surface area contributed by atoms with E-state index in [9.17, 15) is 27.6 Å². The molecule has 0 aliphatic carbocycles. The van der Waals surface area contributed by atoms with Crippen molar-refractivity contribution in [3.63, 3.8) is 0 Å². The van der Waals surface area contributed by atoms with E-state index in [-0.39, 0.29) is 0 Å². The zero-order valence-electron chi connectivity index (χ0n) is 8.13. The molecule has 92 valence electrons. The second-order valence-corrected chi connectivity index (χ2v) is 2.72. The molecule has 0 bridgehead atoms. The maximum atomic E-state index is 11.8. The molecule has 0 saturated heterocycles. The van der Waals surface area contributed by atoms with Crippen molar-refractivity contribution in [2.75, 3.05) is 7.11 Å². The molecule has 3 N–H and O–H groups in total. The van der Waals surface area contributed by atoms with Crippen molar-refractivity contribution in [3.8, 4) is 0 Å². The van der Waals surface area contributed by atoms with E-state index in [1.165, 1.54) is 5.32 Å². The summed E-state index contributed by atoms with van der Waals surface area (Å²) < 4.78 is 39.6. The molecule has 0 aliphatic heterocycles. The Balaban J connectivity index is 4.61. The Morgan fingerprint density at radius 2 is 1.88 bits per heavy atom. The van der Waals surface area contributed by atoms with Gasteiger partial charge in [-0.05, 0) is 0 Å². The molecule has 0 saturated carbocycles. The minimum Gasteiger partial charge on any atom is -0.467 e. The first-order chi connectivity index (χ1) is 7.18. The summed E-state index contributed by atoms with van der Waals surface area (Å²) in [7, 11) is 0.899. The molecule has 2 amide bonds. The fourth-order valence-electron chi connectivity index (χ4n) is 0.777. The van der Waals surface area contributed by atoms with E-state index in [2.05, 4.69) is 4.74 Å². The van der Waals surface area contributed by atoms with Crippen molar-refractivity contribution in [1.82, 2.24) is 5.32 Å². The molecule has 6 nitrogen and oxygen atoms in total. The Bertz CT molecular complexity index is 302. The van der Waals surface area contributed by atoms with Gasteiger partial charge >= 0.3 is 18.1 Å². The lowest BCUT2D eigenvalue weighted by atomic mass is 10.2. The number of halogens is 3. The van der Waals surface area contributed by atoms with Gasteiger partial charge in [-0.25, -0.2) is 4.79 Å². The molecule has 16 heavy (non-hydrogen) atoms. The van der Waals surface area contributed by atoms with Gasteiger partial charge < -0.3 is 15.8 Å². The van der Waals surface area contributed by atoms with Gasteiger partial charge in [0.05, 0.1) is 13.5 Å². The monoisotopic (exact) mass is 242 g/mol. The fourth-order valence-corrected chi connectivity index (χ4v) is 0.777. The molecule has 0 aromatic rings. The molecule has 0 fully saturated rings. The third kappa shape index (κ3) is 4.62. The van der Waals surface area contributed by atoms with E-state index in [4.69, 9.17) is 5.73 Å². The van der Waals surface area contributed by atoms with Crippen LogP contribution in [0.25, 0.3) is 0 Å². The number of methoxy groups -OCH3 is 1. The highest BCUT2D eigenvalue weighted by molar-refractivity contribution is 5.90. The normalized spacial score (nSPS) is 12.8. The number of nitrogens with two attached hydrogens (primary N) is 1. The average Bonchev–Trinajstić information content (AvgIpc) is 2.13. The number of primary amides is 1. The van der Waals surface area contributed by atoms with Crippen molar-refractivity contribution < 1.29 is 32.3 Å². The Kier molecular flexibility index (Phi) is 4.73. The van der Waals surface area contributed by atoms with Crippen LogP contribution in [0.2, 0.25) is 0 Å². The van der Waals surface area contributed by atoms with Crippen LogP contribution in [0.15, 0.2) is 0 Å². The number of rotatable bonds is 4. The quantitative estimate of drug-likeness (QED) is 0.623. The first-order valence-electron chi connectivity index (χ1n) is 3.92. The Hall–Kier alpha value is -1.80. The van der Waals surface area contributed by atoms with Crippen LogP contribution in [-0.2, 0) is 19.1 Å². The van der Waals surface area contributed by atoms with Crippen LogP contribution >= 0.6 is 0 Å². The van der Waals surface area contributed by atoms with Crippen LogP contribution in [0.4, 0.5) is 13.2 Å². The van der Waals surface area contributed by atoms with Gasteiger partial charge in [0.15, 0.2) is 0 Å². The lowest BCUT2D eigenvalue weighted by Crippen LogP contribution is -2.48. The molecule has 1 atom stereocenters. The molecule has 0 radical (unpaired) electrons. The standard InChI is InChI=1S/C7H9F3N2O4/c1-16-5(14)3(2-4(11)13)12-6(15)7(8,9)10/h3H,2H2,1H3,(H2,11,13)(H,12,15)/t3-/m0/s1.